The summed E-state index contributed by atoms with van der Waals surface area (Å²) < 4.78 is 7.49. The molecular weight excluding hydrogens is 418 g/mol. The Morgan fingerprint density at radius 1 is 1.10 bits per heavy atom. The highest BCUT2D eigenvalue weighted by Gasteiger charge is 2.30. The van der Waals surface area contributed by atoms with E-state index in [9.17, 15) is 4.79 Å². The molecule has 0 spiro atoms. The van der Waals surface area contributed by atoms with Gasteiger partial charge in [0, 0.05) is 22.9 Å². The molecule has 3 aromatic rings. The van der Waals surface area contributed by atoms with Crippen LogP contribution in [-0.2, 0) is 9.53 Å². The molecule has 2 aromatic carbocycles. The number of esters is 1. The van der Waals surface area contributed by atoms with Gasteiger partial charge in [0.15, 0.2) is 0 Å². The number of ether oxygens (including phenoxy) is 1. The van der Waals surface area contributed by atoms with Gasteiger partial charge in [-0.3, -0.25) is 4.79 Å². The van der Waals surface area contributed by atoms with Gasteiger partial charge >= 0.3 is 5.97 Å². The predicted molar refractivity (Wildman–Crippen MR) is 135 cm³/mol. The van der Waals surface area contributed by atoms with Crippen molar-refractivity contribution < 1.29 is 9.53 Å². The van der Waals surface area contributed by atoms with Gasteiger partial charge in [-0.05, 0) is 35.6 Å². The number of nitrogens with zero attached hydrogens (tertiary/aromatic N) is 1. The van der Waals surface area contributed by atoms with Crippen molar-refractivity contribution in [3.63, 3.8) is 0 Å². The SMILES string of the molecule is COC(=O)C[C@H]1C[C@H](c2ccccc2)C=C(SC[Si](C)(C)C)n2c1cc1ccccc12. The van der Waals surface area contributed by atoms with Crippen LogP contribution < -0.4 is 0 Å². The second-order valence-electron chi connectivity index (χ2n) is 9.55. The van der Waals surface area contributed by atoms with Gasteiger partial charge in [0.1, 0.15) is 0 Å². The average Bonchev–Trinajstić information content (AvgIpc) is 3.07. The van der Waals surface area contributed by atoms with E-state index in [4.69, 9.17) is 4.74 Å². The Morgan fingerprint density at radius 2 is 1.81 bits per heavy atom. The molecule has 162 valence electrons. The zero-order chi connectivity index (χ0) is 22.0. The maximum Gasteiger partial charge on any atom is 0.306 e. The van der Waals surface area contributed by atoms with E-state index in [1.807, 2.05) is 11.8 Å². The zero-order valence-corrected chi connectivity index (χ0v) is 20.6. The number of carbonyl (C=O) groups excluding carboxylic acids is 1. The number of methoxy groups -OCH3 is 1. The van der Waals surface area contributed by atoms with Crippen molar-refractivity contribution >= 4 is 41.7 Å². The Hall–Kier alpha value is -2.24. The number of aromatic nitrogens is 1. The number of hydrogen-bond donors (Lipinski definition) is 0. The van der Waals surface area contributed by atoms with Crippen molar-refractivity contribution in [2.24, 2.45) is 0 Å². The summed E-state index contributed by atoms with van der Waals surface area (Å²) in [7, 11) is 0.241. The lowest BCUT2D eigenvalue weighted by Gasteiger charge is -2.20. The van der Waals surface area contributed by atoms with Gasteiger partial charge in [0.25, 0.3) is 0 Å². The Labute approximate surface area is 190 Å². The summed E-state index contributed by atoms with van der Waals surface area (Å²) in [5, 5.41) is 3.68. The van der Waals surface area contributed by atoms with Crippen LogP contribution in [0.15, 0.2) is 66.7 Å². The highest BCUT2D eigenvalue weighted by Crippen LogP contribution is 2.44. The molecule has 0 aliphatic carbocycles. The first-order valence-corrected chi connectivity index (χ1v) is 15.6. The van der Waals surface area contributed by atoms with Crippen LogP contribution in [0.5, 0.6) is 0 Å². The number of allylic oxidation sites excluding steroid dienone is 1. The Balaban J connectivity index is 1.87. The quantitative estimate of drug-likeness (QED) is 0.303. The molecule has 31 heavy (non-hydrogen) atoms. The number of rotatable bonds is 6. The second-order valence-corrected chi connectivity index (χ2v) is 16.5. The van der Waals surface area contributed by atoms with Gasteiger partial charge in [-0.1, -0.05) is 68.2 Å². The van der Waals surface area contributed by atoms with Crippen LogP contribution in [0.3, 0.4) is 0 Å². The fourth-order valence-corrected chi connectivity index (χ4v) is 7.19. The number of fused-ring (bicyclic) bond motifs is 3. The van der Waals surface area contributed by atoms with Crippen molar-refractivity contribution in [1.82, 2.24) is 4.57 Å². The number of hydrogen-bond acceptors (Lipinski definition) is 3. The summed E-state index contributed by atoms with van der Waals surface area (Å²) in [4.78, 5) is 12.4. The van der Waals surface area contributed by atoms with Crippen LogP contribution in [0.25, 0.3) is 15.9 Å². The highest BCUT2D eigenvalue weighted by atomic mass is 32.2. The molecule has 5 heteroatoms. The zero-order valence-electron chi connectivity index (χ0n) is 18.8. The smallest absolute Gasteiger partial charge is 0.306 e. The monoisotopic (exact) mass is 449 g/mol. The minimum absolute atomic E-state index is 0.103. The summed E-state index contributed by atoms with van der Waals surface area (Å²) in [5.41, 5.74) is 3.74. The van der Waals surface area contributed by atoms with Crippen LogP contribution >= 0.6 is 11.8 Å². The minimum atomic E-state index is -1.24. The van der Waals surface area contributed by atoms with Crippen LogP contribution in [0.1, 0.15) is 35.9 Å². The summed E-state index contributed by atoms with van der Waals surface area (Å²) in [6, 6.07) is 21.5. The van der Waals surface area contributed by atoms with Gasteiger partial charge in [0.05, 0.1) is 32.2 Å². The van der Waals surface area contributed by atoms with E-state index in [0.29, 0.717) is 6.42 Å². The summed E-state index contributed by atoms with van der Waals surface area (Å²) in [5.74, 6) is 0.219. The molecule has 0 saturated carbocycles. The van der Waals surface area contributed by atoms with E-state index in [1.165, 1.54) is 34.3 Å². The number of para-hydroxylation sites is 1. The lowest BCUT2D eigenvalue weighted by Crippen LogP contribution is -2.24. The molecule has 0 radical (unpaired) electrons. The van der Waals surface area contributed by atoms with Crippen molar-refractivity contribution in [3.05, 3.63) is 78.0 Å². The fraction of sp³-hybridized carbons (Fsp3) is 0.346. The maximum absolute atomic E-state index is 12.4. The summed E-state index contributed by atoms with van der Waals surface area (Å²) in [6.07, 6.45) is 3.73. The second kappa shape index (κ2) is 9.09. The van der Waals surface area contributed by atoms with Crippen molar-refractivity contribution in [2.75, 3.05) is 12.5 Å². The molecule has 1 aromatic heterocycles. The number of carbonyl (C=O) groups is 1. The molecule has 3 nitrogen and oxygen atoms in total. The van der Waals surface area contributed by atoms with Crippen LogP contribution in [0.4, 0.5) is 0 Å². The molecule has 0 N–H and O–H groups in total. The third-order valence-corrected chi connectivity index (χ3v) is 10.4. The Kier molecular flexibility index (Phi) is 6.44. The van der Waals surface area contributed by atoms with Gasteiger partial charge in [-0.15, -0.1) is 11.8 Å². The Morgan fingerprint density at radius 3 is 2.52 bits per heavy atom. The van der Waals surface area contributed by atoms with E-state index in [1.54, 1.807) is 0 Å². The first kappa shape index (κ1) is 22.0. The molecule has 0 unspecified atom stereocenters. The molecule has 4 rings (SSSR count). The van der Waals surface area contributed by atoms with Crippen molar-refractivity contribution in [1.29, 1.82) is 0 Å². The van der Waals surface area contributed by atoms with Crippen LogP contribution in [-0.4, -0.2) is 31.1 Å². The third-order valence-electron chi connectivity index (χ3n) is 5.78. The molecule has 1 aliphatic rings. The highest BCUT2D eigenvalue weighted by molar-refractivity contribution is 8.09. The molecule has 0 fully saturated rings. The molecule has 0 bridgehead atoms. The number of benzene rings is 2. The average molecular weight is 450 g/mol. The fourth-order valence-electron chi connectivity index (χ4n) is 4.27. The van der Waals surface area contributed by atoms with Crippen molar-refractivity contribution in [2.45, 2.75) is 44.3 Å². The summed E-state index contributed by atoms with van der Waals surface area (Å²) in [6.45, 7) is 7.25. The first-order chi connectivity index (χ1) is 14.9. The lowest BCUT2D eigenvalue weighted by molar-refractivity contribution is -0.141. The van der Waals surface area contributed by atoms with E-state index in [-0.39, 0.29) is 17.8 Å². The van der Waals surface area contributed by atoms with E-state index in [2.05, 4.69) is 90.9 Å². The lowest BCUT2D eigenvalue weighted by atomic mass is 9.86. The first-order valence-electron chi connectivity index (χ1n) is 10.9. The van der Waals surface area contributed by atoms with Crippen LogP contribution in [0.2, 0.25) is 19.6 Å². The van der Waals surface area contributed by atoms with Gasteiger partial charge in [0.2, 0.25) is 0 Å². The predicted octanol–water partition coefficient (Wildman–Crippen LogP) is 6.88. The Bertz CT molecular complexity index is 1100. The molecule has 0 amide bonds. The topological polar surface area (TPSA) is 31.2 Å². The van der Waals surface area contributed by atoms with Gasteiger partial charge in [-0.2, -0.15) is 0 Å². The van der Waals surface area contributed by atoms with Crippen LogP contribution in [0, 0.1) is 0 Å². The largest absolute Gasteiger partial charge is 0.469 e. The maximum atomic E-state index is 12.4. The van der Waals surface area contributed by atoms with E-state index in [0.717, 1.165) is 11.8 Å². The standard InChI is InChI=1S/C26H31NO2SSi/c1-29-26(28)17-22-14-21(19-10-6-5-7-11-19)16-25(30-18-31(2,3)4)27-23-13-9-8-12-20(23)15-24(22)27/h5-13,15-16,21-22H,14,17-18H2,1-4H3/t21-,22+/m0/s1. The molecule has 1 aliphatic heterocycles. The van der Waals surface area contributed by atoms with E-state index < -0.39 is 8.07 Å². The summed E-state index contributed by atoms with van der Waals surface area (Å²) >= 11 is 1.97. The molecular formula is C26H31NO2SSi. The minimum Gasteiger partial charge on any atom is -0.469 e. The molecule has 2 atom stereocenters. The van der Waals surface area contributed by atoms with E-state index >= 15 is 0 Å². The normalized spacial score (nSPS) is 18.9. The van der Waals surface area contributed by atoms with Gasteiger partial charge < -0.3 is 9.30 Å². The third kappa shape index (κ3) is 4.99. The molecule has 0 saturated heterocycles. The molecule has 2 heterocycles. The van der Waals surface area contributed by atoms with Gasteiger partial charge in [-0.25, -0.2) is 0 Å². The number of thioether (sulfide) groups is 1. The van der Waals surface area contributed by atoms with Crippen molar-refractivity contribution in [3.8, 4) is 0 Å².